The van der Waals surface area contributed by atoms with E-state index in [2.05, 4.69) is 4.98 Å². The number of ether oxygens (including phenoxy) is 2. The minimum absolute atomic E-state index is 0.00577. The molecule has 1 amide bonds. The molecular weight excluding hydrogens is 393 g/mol. The summed E-state index contributed by atoms with van der Waals surface area (Å²) in [4.78, 5) is 27.8. The van der Waals surface area contributed by atoms with Crippen LogP contribution in [0.1, 0.15) is 42.4 Å². The molecule has 1 aromatic heterocycles. The summed E-state index contributed by atoms with van der Waals surface area (Å²) in [6.45, 7) is 6.68. The first-order chi connectivity index (χ1) is 13.6. The molecular formula is C19H25F3N2O5. The van der Waals surface area contributed by atoms with E-state index in [0.29, 0.717) is 25.5 Å². The van der Waals surface area contributed by atoms with Crippen molar-refractivity contribution in [3.05, 3.63) is 29.6 Å². The molecule has 0 aromatic carbocycles. The average molecular weight is 418 g/mol. The van der Waals surface area contributed by atoms with Crippen LogP contribution in [0.3, 0.4) is 0 Å². The Morgan fingerprint density at radius 3 is 2.69 bits per heavy atom. The number of rotatable bonds is 3. The molecule has 2 fully saturated rings. The third-order valence-corrected chi connectivity index (χ3v) is 4.75. The van der Waals surface area contributed by atoms with E-state index in [1.165, 1.54) is 0 Å². The third kappa shape index (κ3) is 6.40. The fourth-order valence-corrected chi connectivity index (χ4v) is 3.53. The van der Waals surface area contributed by atoms with Gasteiger partial charge in [0.1, 0.15) is 5.69 Å². The smallest absolute Gasteiger partial charge is 0.475 e. The van der Waals surface area contributed by atoms with Crippen LogP contribution in [0.4, 0.5) is 13.2 Å². The number of carbonyl (C=O) groups excluding carboxylic acids is 1. The topological polar surface area (TPSA) is 89.0 Å². The average Bonchev–Trinajstić information content (AvgIpc) is 3.03. The number of carboxylic acid groups (broad SMARTS) is 1. The number of aliphatic carboxylic acids is 1. The minimum atomic E-state index is -5.08. The van der Waals surface area contributed by atoms with Crippen molar-refractivity contribution < 1.29 is 37.3 Å². The molecule has 2 atom stereocenters. The number of nitrogens with zero attached hydrogens (tertiary/aromatic N) is 2. The van der Waals surface area contributed by atoms with Crippen LogP contribution in [0.2, 0.25) is 0 Å². The van der Waals surface area contributed by atoms with Crippen molar-refractivity contribution in [1.29, 1.82) is 0 Å². The predicted molar refractivity (Wildman–Crippen MR) is 96.5 cm³/mol. The summed E-state index contributed by atoms with van der Waals surface area (Å²) >= 11 is 0. The molecule has 0 radical (unpaired) electrons. The van der Waals surface area contributed by atoms with Gasteiger partial charge in [-0.05, 0) is 38.8 Å². The van der Waals surface area contributed by atoms with Gasteiger partial charge in [-0.1, -0.05) is 6.07 Å². The Morgan fingerprint density at radius 2 is 2.10 bits per heavy atom. The Labute approximate surface area is 166 Å². The molecule has 162 valence electrons. The van der Waals surface area contributed by atoms with Gasteiger partial charge in [-0.2, -0.15) is 13.2 Å². The van der Waals surface area contributed by atoms with Gasteiger partial charge < -0.3 is 19.5 Å². The van der Waals surface area contributed by atoms with Crippen LogP contribution >= 0.6 is 0 Å². The van der Waals surface area contributed by atoms with Crippen molar-refractivity contribution in [2.24, 2.45) is 0 Å². The molecule has 0 aliphatic carbocycles. The Bertz CT molecular complexity index is 728. The second-order valence-corrected chi connectivity index (χ2v) is 7.07. The summed E-state index contributed by atoms with van der Waals surface area (Å²) in [5.41, 5.74) is 1.17. The fraction of sp³-hybridized carbons (Fsp3) is 0.632. The second-order valence-electron chi connectivity index (χ2n) is 7.07. The van der Waals surface area contributed by atoms with E-state index in [1.807, 2.05) is 30.9 Å². The van der Waals surface area contributed by atoms with Crippen LogP contribution in [-0.4, -0.2) is 71.1 Å². The quantitative estimate of drug-likeness (QED) is 0.812. The van der Waals surface area contributed by atoms with Crippen LogP contribution in [0, 0.1) is 6.92 Å². The van der Waals surface area contributed by atoms with Gasteiger partial charge in [0.15, 0.2) is 0 Å². The normalized spacial score (nSPS) is 24.2. The van der Waals surface area contributed by atoms with Gasteiger partial charge in [0.2, 0.25) is 0 Å². The van der Waals surface area contributed by atoms with Gasteiger partial charge in [0.05, 0.1) is 24.9 Å². The molecule has 1 N–H and O–H groups in total. The number of pyridine rings is 1. The van der Waals surface area contributed by atoms with Gasteiger partial charge >= 0.3 is 12.1 Å². The summed E-state index contributed by atoms with van der Waals surface area (Å²) in [6, 6.07) is 5.57. The molecule has 7 nitrogen and oxygen atoms in total. The highest BCUT2D eigenvalue weighted by atomic mass is 19.4. The van der Waals surface area contributed by atoms with Crippen molar-refractivity contribution in [2.75, 3.05) is 26.3 Å². The van der Waals surface area contributed by atoms with E-state index >= 15 is 0 Å². The lowest BCUT2D eigenvalue weighted by molar-refractivity contribution is -0.192. The molecule has 29 heavy (non-hydrogen) atoms. The Balaban J connectivity index is 0.000000370. The second kappa shape index (κ2) is 9.53. The first-order valence-corrected chi connectivity index (χ1v) is 9.35. The monoisotopic (exact) mass is 418 g/mol. The number of piperidine rings is 1. The van der Waals surface area contributed by atoms with E-state index in [-0.39, 0.29) is 17.6 Å². The lowest BCUT2D eigenvalue weighted by atomic mass is 9.89. The number of aromatic nitrogens is 1. The molecule has 2 saturated heterocycles. The van der Waals surface area contributed by atoms with Crippen molar-refractivity contribution in [3.8, 4) is 0 Å². The van der Waals surface area contributed by atoms with Crippen LogP contribution in [0.25, 0.3) is 0 Å². The van der Waals surface area contributed by atoms with Crippen LogP contribution in [-0.2, 0) is 14.3 Å². The molecule has 2 aliphatic rings. The number of carbonyl (C=O) groups is 2. The summed E-state index contributed by atoms with van der Waals surface area (Å²) in [5, 5.41) is 7.12. The summed E-state index contributed by atoms with van der Waals surface area (Å²) in [5.74, 6) is -2.75. The highest BCUT2D eigenvalue weighted by Gasteiger charge is 2.45. The molecule has 0 unspecified atom stereocenters. The highest BCUT2D eigenvalue weighted by Crippen LogP contribution is 2.36. The van der Waals surface area contributed by atoms with Crippen LogP contribution < -0.4 is 0 Å². The molecule has 2 aliphatic heterocycles. The van der Waals surface area contributed by atoms with E-state index in [9.17, 15) is 18.0 Å². The van der Waals surface area contributed by atoms with Gasteiger partial charge in [0, 0.05) is 25.3 Å². The number of halogens is 3. The van der Waals surface area contributed by atoms with Crippen molar-refractivity contribution in [3.63, 3.8) is 0 Å². The first kappa shape index (κ1) is 23.1. The van der Waals surface area contributed by atoms with Crippen molar-refractivity contribution >= 4 is 11.9 Å². The fourth-order valence-electron chi connectivity index (χ4n) is 3.53. The number of amides is 1. The molecule has 3 rings (SSSR count). The van der Waals surface area contributed by atoms with Gasteiger partial charge in [0.25, 0.3) is 5.91 Å². The van der Waals surface area contributed by atoms with Gasteiger partial charge in [-0.3, -0.25) is 4.79 Å². The zero-order valence-corrected chi connectivity index (χ0v) is 16.4. The van der Waals surface area contributed by atoms with Gasteiger partial charge in [-0.15, -0.1) is 0 Å². The summed E-state index contributed by atoms with van der Waals surface area (Å²) < 4.78 is 43.5. The lowest BCUT2D eigenvalue weighted by Gasteiger charge is -2.39. The highest BCUT2D eigenvalue weighted by molar-refractivity contribution is 5.92. The van der Waals surface area contributed by atoms with Crippen LogP contribution in [0.15, 0.2) is 18.2 Å². The van der Waals surface area contributed by atoms with Gasteiger partial charge in [-0.25, -0.2) is 9.78 Å². The number of hydrogen-bond donors (Lipinski definition) is 1. The largest absolute Gasteiger partial charge is 0.490 e. The molecule has 10 heteroatoms. The zero-order chi connectivity index (χ0) is 21.7. The molecule has 1 spiro atoms. The van der Waals surface area contributed by atoms with E-state index in [1.54, 1.807) is 6.07 Å². The minimum Gasteiger partial charge on any atom is -0.475 e. The Kier molecular flexibility index (Phi) is 7.59. The van der Waals surface area contributed by atoms with E-state index in [4.69, 9.17) is 19.4 Å². The Hall–Kier alpha value is -2.20. The molecule has 0 bridgehead atoms. The maximum atomic E-state index is 12.7. The number of likely N-dealkylation sites (tertiary alicyclic amines) is 1. The predicted octanol–water partition coefficient (Wildman–Crippen LogP) is 2.82. The van der Waals surface area contributed by atoms with E-state index in [0.717, 1.165) is 31.5 Å². The number of carboxylic acids is 1. The zero-order valence-electron chi connectivity index (χ0n) is 16.4. The lowest BCUT2D eigenvalue weighted by Crippen LogP contribution is -2.50. The maximum absolute atomic E-state index is 12.7. The number of hydrogen-bond acceptors (Lipinski definition) is 5. The number of alkyl halides is 3. The standard InChI is InChI=1S/C17H24N2O3.C2HF3O2/c1-3-21-14-10-17(22-11-14)8-5-9-19(12-17)16(20)15-7-4-6-13(2)18-15;3-2(4,5)1(6)7/h4,6-7,14H,3,5,8-12H2,1-2H3;(H,6,7)/t14-,17+;/m1./s1. The maximum Gasteiger partial charge on any atom is 0.490 e. The molecule has 0 saturated carbocycles. The number of aryl methyl sites for hydroxylation is 1. The first-order valence-electron chi connectivity index (χ1n) is 9.35. The van der Waals surface area contributed by atoms with Crippen molar-refractivity contribution in [1.82, 2.24) is 9.88 Å². The van der Waals surface area contributed by atoms with E-state index < -0.39 is 12.1 Å². The SMILES string of the molecule is CCO[C@H]1CO[C@@]2(CCCN(C(=O)c3cccc(C)n3)C2)C1.O=C(O)C(F)(F)F. The Morgan fingerprint density at radius 1 is 1.41 bits per heavy atom. The third-order valence-electron chi connectivity index (χ3n) is 4.75. The molecule has 1 aromatic rings. The van der Waals surface area contributed by atoms with Crippen LogP contribution in [0.5, 0.6) is 0 Å². The summed E-state index contributed by atoms with van der Waals surface area (Å²) in [6.07, 6.45) is -2.07. The summed E-state index contributed by atoms with van der Waals surface area (Å²) in [7, 11) is 0. The van der Waals surface area contributed by atoms with Crippen molar-refractivity contribution in [2.45, 2.75) is 51.0 Å². The molecule has 3 heterocycles.